The third-order valence-electron chi connectivity index (χ3n) is 1.91. The van der Waals surface area contributed by atoms with Gasteiger partial charge in [-0.25, -0.2) is 0 Å². The molecule has 0 saturated heterocycles. The zero-order chi connectivity index (χ0) is 10.6. The SMILES string of the molecule is CC(C)CC(=O)c1ccccc1[N+]#N. The van der Waals surface area contributed by atoms with E-state index in [-0.39, 0.29) is 5.78 Å². The van der Waals surface area contributed by atoms with Crippen LogP contribution in [0.3, 0.4) is 0 Å². The van der Waals surface area contributed by atoms with Gasteiger partial charge in [-0.1, -0.05) is 26.0 Å². The van der Waals surface area contributed by atoms with E-state index in [0.717, 1.165) is 0 Å². The fourth-order valence-corrected chi connectivity index (χ4v) is 1.28. The molecule has 3 nitrogen and oxygen atoms in total. The van der Waals surface area contributed by atoms with Crippen LogP contribution in [0.25, 0.3) is 4.98 Å². The summed E-state index contributed by atoms with van der Waals surface area (Å²) in [6, 6.07) is 6.80. The maximum atomic E-state index is 11.7. The molecule has 0 atom stereocenters. The number of rotatable bonds is 3. The van der Waals surface area contributed by atoms with Crippen molar-refractivity contribution in [3.8, 4) is 0 Å². The molecule has 0 heterocycles. The number of nitrogens with zero attached hydrogens (tertiary/aromatic N) is 2. The standard InChI is InChI=1S/C11H13N2O/c1-8(2)7-11(14)9-5-3-4-6-10(9)13-12/h3-6,8H,7H2,1-2H3/q+1. The summed E-state index contributed by atoms with van der Waals surface area (Å²) >= 11 is 0. The van der Waals surface area contributed by atoms with Crippen molar-refractivity contribution in [3.05, 3.63) is 34.8 Å². The molecular weight excluding hydrogens is 176 g/mol. The van der Waals surface area contributed by atoms with Gasteiger partial charge in [0, 0.05) is 12.5 Å². The van der Waals surface area contributed by atoms with E-state index in [1.165, 1.54) is 0 Å². The maximum Gasteiger partial charge on any atom is 0.395 e. The predicted molar refractivity (Wildman–Crippen MR) is 55.0 cm³/mol. The quantitative estimate of drug-likeness (QED) is 0.540. The van der Waals surface area contributed by atoms with E-state index in [1.807, 2.05) is 13.8 Å². The summed E-state index contributed by atoms with van der Waals surface area (Å²) in [7, 11) is 0. The number of ketones is 1. The van der Waals surface area contributed by atoms with E-state index in [0.29, 0.717) is 23.6 Å². The van der Waals surface area contributed by atoms with Crippen LogP contribution >= 0.6 is 0 Å². The smallest absolute Gasteiger partial charge is 0.294 e. The lowest BCUT2D eigenvalue weighted by Gasteiger charge is -2.01. The van der Waals surface area contributed by atoms with Crippen LogP contribution in [0.5, 0.6) is 0 Å². The normalized spacial score (nSPS) is 9.86. The Morgan fingerprint density at radius 3 is 2.64 bits per heavy atom. The molecule has 1 aromatic carbocycles. The van der Waals surface area contributed by atoms with Gasteiger partial charge in [0.25, 0.3) is 0 Å². The largest absolute Gasteiger partial charge is 0.395 e. The number of carbonyl (C=O) groups is 1. The monoisotopic (exact) mass is 189 g/mol. The molecule has 0 N–H and O–H groups in total. The Balaban J connectivity index is 2.96. The molecule has 0 fully saturated rings. The lowest BCUT2D eigenvalue weighted by atomic mass is 10.0. The summed E-state index contributed by atoms with van der Waals surface area (Å²) < 4.78 is 0. The van der Waals surface area contributed by atoms with Crippen molar-refractivity contribution >= 4 is 11.5 Å². The minimum atomic E-state index is 0.0217. The summed E-state index contributed by atoms with van der Waals surface area (Å²) in [5.74, 6) is 0.336. The lowest BCUT2D eigenvalue weighted by molar-refractivity contribution is 0.0969. The summed E-state index contributed by atoms with van der Waals surface area (Å²) in [5.41, 5.74) is 0.835. The number of hydrogen-bond acceptors (Lipinski definition) is 2. The number of diazo groups is 1. The molecule has 72 valence electrons. The van der Waals surface area contributed by atoms with Gasteiger partial charge in [-0.15, -0.1) is 0 Å². The highest BCUT2D eigenvalue weighted by atomic mass is 16.1. The van der Waals surface area contributed by atoms with Crippen LogP contribution < -0.4 is 0 Å². The average Bonchev–Trinajstić information content (AvgIpc) is 2.16. The highest BCUT2D eigenvalue weighted by Gasteiger charge is 2.19. The van der Waals surface area contributed by atoms with Crippen LogP contribution in [0.2, 0.25) is 0 Å². The van der Waals surface area contributed by atoms with Crippen LogP contribution in [-0.4, -0.2) is 5.78 Å². The van der Waals surface area contributed by atoms with Crippen LogP contribution in [0.1, 0.15) is 30.6 Å². The predicted octanol–water partition coefficient (Wildman–Crippen LogP) is 3.40. The van der Waals surface area contributed by atoms with Gasteiger partial charge >= 0.3 is 5.69 Å². The number of Topliss-reactive ketones (excluding diaryl/α,β-unsaturated/α-hetero) is 1. The fourth-order valence-electron chi connectivity index (χ4n) is 1.28. The Hall–Kier alpha value is -1.69. The zero-order valence-electron chi connectivity index (χ0n) is 8.40. The Morgan fingerprint density at radius 2 is 2.07 bits per heavy atom. The molecule has 0 spiro atoms. The van der Waals surface area contributed by atoms with Gasteiger partial charge in [-0.3, -0.25) is 4.79 Å². The molecule has 0 amide bonds. The Morgan fingerprint density at radius 1 is 1.43 bits per heavy atom. The van der Waals surface area contributed by atoms with E-state index in [4.69, 9.17) is 5.39 Å². The molecule has 1 aromatic rings. The van der Waals surface area contributed by atoms with E-state index < -0.39 is 0 Å². The van der Waals surface area contributed by atoms with E-state index in [9.17, 15) is 4.79 Å². The van der Waals surface area contributed by atoms with Crippen LogP contribution in [-0.2, 0) is 0 Å². The van der Waals surface area contributed by atoms with Crippen LogP contribution in [0, 0.1) is 11.3 Å². The van der Waals surface area contributed by atoms with Gasteiger partial charge in [-0.05, 0) is 12.0 Å². The molecule has 0 bridgehead atoms. The van der Waals surface area contributed by atoms with Crippen LogP contribution in [0.15, 0.2) is 24.3 Å². The molecule has 0 aliphatic carbocycles. The molecule has 0 unspecified atom stereocenters. The Labute approximate surface area is 83.4 Å². The summed E-state index contributed by atoms with van der Waals surface area (Å²) in [6.07, 6.45) is 0.479. The maximum absolute atomic E-state index is 11.7. The van der Waals surface area contributed by atoms with Crippen molar-refractivity contribution in [1.82, 2.24) is 0 Å². The molecule has 0 aliphatic rings. The Bertz CT molecular complexity index is 377. The molecule has 0 radical (unpaired) electrons. The lowest BCUT2D eigenvalue weighted by Crippen LogP contribution is -2.03. The van der Waals surface area contributed by atoms with Gasteiger partial charge in [-0.2, -0.15) is 0 Å². The zero-order valence-corrected chi connectivity index (χ0v) is 8.40. The van der Waals surface area contributed by atoms with Crippen LogP contribution in [0.4, 0.5) is 5.69 Å². The van der Waals surface area contributed by atoms with E-state index in [2.05, 4.69) is 4.98 Å². The summed E-state index contributed by atoms with van der Waals surface area (Å²) in [6.45, 7) is 3.97. The highest BCUT2D eigenvalue weighted by Crippen LogP contribution is 2.21. The average molecular weight is 189 g/mol. The van der Waals surface area contributed by atoms with Crippen molar-refractivity contribution in [2.75, 3.05) is 0 Å². The minimum absolute atomic E-state index is 0.0217. The van der Waals surface area contributed by atoms with Crippen molar-refractivity contribution < 1.29 is 4.79 Å². The molecule has 3 heteroatoms. The first-order valence-electron chi connectivity index (χ1n) is 4.62. The van der Waals surface area contributed by atoms with Gasteiger partial charge < -0.3 is 0 Å². The van der Waals surface area contributed by atoms with Crippen molar-refractivity contribution in [1.29, 1.82) is 5.39 Å². The molecular formula is C11H13N2O+. The number of hydrogen-bond donors (Lipinski definition) is 0. The first-order chi connectivity index (χ1) is 6.65. The van der Waals surface area contributed by atoms with Gasteiger partial charge in [0.2, 0.25) is 5.39 Å². The molecule has 14 heavy (non-hydrogen) atoms. The van der Waals surface area contributed by atoms with Crippen molar-refractivity contribution in [2.24, 2.45) is 5.92 Å². The van der Waals surface area contributed by atoms with Gasteiger partial charge in [0.1, 0.15) is 5.56 Å². The summed E-state index contributed by atoms with van der Waals surface area (Å²) in [5, 5.41) is 8.67. The second-order valence-corrected chi connectivity index (χ2v) is 3.64. The molecule has 1 rings (SSSR count). The second kappa shape index (κ2) is 4.52. The topological polar surface area (TPSA) is 45.2 Å². The molecule has 0 saturated carbocycles. The number of carbonyl (C=O) groups excluding carboxylic acids is 1. The summed E-state index contributed by atoms with van der Waals surface area (Å²) in [4.78, 5) is 14.7. The van der Waals surface area contributed by atoms with Crippen molar-refractivity contribution in [3.63, 3.8) is 0 Å². The fraction of sp³-hybridized carbons (Fsp3) is 0.364. The number of benzene rings is 1. The first kappa shape index (κ1) is 10.4. The van der Waals surface area contributed by atoms with Crippen molar-refractivity contribution in [2.45, 2.75) is 20.3 Å². The Kier molecular flexibility index (Phi) is 3.35. The van der Waals surface area contributed by atoms with Gasteiger partial charge in [0.15, 0.2) is 10.8 Å². The molecule has 0 aliphatic heterocycles. The minimum Gasteiger partial charge on any atom is -0.294 e. The molecule has 0 aromatic heterocycles. The van der Waals surface area contributed by atoms with E-state index in [1.54, 1.807) is 24.3 Å². The second-order valence-electron chi connectivity index (χ2n) is 3.64. The first-order valence-corrected chi connectivity index (χ1v) is 4.62. The van der Waals surface area contributed by atoms with Gasteiger partial charge in [0.05, 0.1) is 0 Å². The highest BCUT2D eigenvalue weighted by molar-refractivity contribution is 6.01. The third-order valence-corrected chi connectivity index (χ3v) is 1.91. The third kappa shape index (κ3) is 2.40. The van der Waals surface area contributed by atoms with E-state index >= 15 is 0 Å².